The first-order valence-corrected chi connectivity index (χ1v) is 9.34. The van der Waals surface area contributed by atoms with Gasteiger partial charge in [-0.3, -0.25) is 9.59 Å². The van der Waals surface area contributed by atoms with Crippen LogP contribution < -0.4 is 5.32 Å². The molecule has 1 unspecified atom stereocenters. The molecule has 2 aliphatic heterocycles. The lowest BCUT2D eigenvalue weighted by Crippen LogP contribution is -2.52. The summed E-state index contributed by atoms with van der Waals surface area (Å²) in [6, 6.07) is 3.61. The molecule has 1 aromatic carbocycles. The third-order valence-electron chi connectivity index (χ3n) is 4.35. The van der Waals surface area contributed by atoms with Gasteiger partial charge in [-0.25, -0.2) is 4.79 Å². The van der Waals surface area contributed by atoms with Crippen LogP contribution in [-0.2, 0) is 15.8 Å². The van der Waals surface area contributed by atoms with Crippen LogP contribution in [0.4, 0.5) is 23.7 Å². The highest BCUT2D eigenvalue weighted by Gasteiger charge is 2.47. The second-order valence-electron chi connectivity index (χ2n) is 6.29. The molecule has 3 rings (SSSR count). The van der Waals surface area contributed by atoms with Crippen LogP contribution in [0.25, 0.3) is 0 Å². The van der Waals surface area contributed by atoms with E-state index in [-0.39, 0.29) is 17.3 Å². The first kappa shape index (κ1) is 20.8. The number of amides is 4. The van der Waals surface area contributed by atoms with Gasteiger partial charge in [0.1, 0.15) is 6.21 Å². The van der Waals surface area contributed by atoms with Crippen LogP contribution in [0.1, 0.15) is 5.56 Å². The third kappa shape index (κ3) is 4.24. The van der Waals surface area contributed by atoms with E-state index in [4.69, 9.17) is 0 Å². The number of hydrogen-bond donors (Lipinski definition) is 1. The average molecular weight is 425 g/mol. The van der Waals surface area contributed by atoms with E-state index < -0.39 is 35.5 Å². The van der Waals surface area contributed by atoms with Gasteiger partial charge in [-0.1, -0.05) is 0 Å². The summed E-state index contributed by atoms with van der Waals surface area (Å²) >= 11 is 1.10. The van der Waals surface area contributed by atoms with Crippen molar-refractivity contribution in [2.45, 2.75) is 6.18 Å². The molecule has 152 valence electrons. The normalized spacial score (nSPS) is 19.3. The predicted octanol–water partition coefficient (Wildman–Crippen LogP) is 2.59. The third-order valence-corrected chi connectivity index (χ3v) is 5.46. The lowest BCUT2D eigenvalue weighted by Gasteiger charge is -2.26. The van der Waals surface area contributed by atoms with Crippen LogP contribution in [0, 0.1) is 5.92 Å². The number of aliphatic imine (C=N–C) groups is 1. The van der Waals surface area contributed by atoms with Crippen LogP contribution in [0.2, 0.25) is 0 Å². The highest BCUT2D eigenvalue weighted by Crippen LogP contribution is 2.32. The number of thioether (sulfide) groups is 1. The lowest BCUT2D eigenvalue weighted by atomic mass is 10.0. The first-order valence-electron chi connectivity index (χ1n) is 8.36. The van der Waals surface area contributed by atoms with Crippen LogP contribution >= 0.6 is 11.8 Å². The Kier molecular flexibility index (Phi) is 5.60. The summed E-state index contributed by atoms with van der Waals surface area (Å²) in [5, 5.41) is 2.51. The topological polar surface area (TPSA) is 81.8 Å². The molecule has 0 saturated carbocycles. The Bertz CT molecular complexity index is 968. The summed E-state index contributed by atoms with van der Waals surface area (Å²) in [6.45, 7) is 0. The minimum Gasteiger partial charge on any atom is -0.325 e. The second kappa shape index (κ2) is 7.82. The molecule has 1 N–H and O–H groups in total. The molecule has 0 radical (unpaired) electrons. The number of carbonyl (C=O) groups excluding carboxylic acids is 3. The Labute approximate surface area is 168 Å². The van der Waals surface area contributed by atoms with E-state index in [0.717, 1.165) is 28.8 Å². The number of nitrogens with one attached hydrogen (secondary N) is 1. The monoisotopic (exact) mass is 425 g/mol. The lowest BCUT2D eigenvalue weighted by molar-refractivity contribution is -0.407. The van der Waals surface area contributed by atoms with Crippen molar-refractivity contribution in [3.63, 3.8) is 0 Å². The number of imide groups is 1. The van der Waals surface area contributed by atoms with E-state index in [1.165, 1.54) is 37.0 Å². The van der Waals surface area contributed by atoms with Gasteiger partial charge in [0.25, 0.3) is 5.84 Å². The van der Waals surface area contributed by atoms with Gasteiger partial charge in [-0.2, -0.15) is 22.6 Å². The number of allylic oxidation sites excluding steroid dienone is 1. The number of nitrogens with zero attached hydrogens (tertiary/aromatic N) is 3. The molecule has 29 heavy (non-hydrogen) atoms. The molecule has 0 bridgehead atoms. The molecule has 0 aromatic heterocycles. The average Bonchev–Trinajstić information content (AvgIpc) is 2.68. The van der Waals surface area contributed by atoms with Crippen molar-refractivity contribution >= 4 is 47.3 Å². The highest BCUT2D eigenvalue weighted by molar-refractivity contribution is 8.03. The van der Waals surface area contributed by atoms with Crippen LogP contribution in [-0.4, -0.2) is 59.2 Å². The van der Waals surface area contributed by atoms with Gasteiger partial charge < -0.3 is 5.32 Å². The fraction of sp³-hybridized carbons (Fsp3) is 0.278. The smallest absolute Gasteiger partial charge is 0.325 e. The Hall–Kier alpha value is -2.95. The number of benzene rings is 1. The molecule has 0 saturated heterocycles. The van der Waals surface area contributed by atoms with Crippen molar-refractivity contribution in [1.29, 1.82) is 0 Å². The number of hydrogen-bond acceptors (Lipinski definition) is 5. The Morgan fingerprint density at radius 1 is 1.28 bits per heavy atom. The maximum atomic E-state index is 12.6. The summed E-state index contributed by atoms with van der Waals surface area (Å²) in [7, 11) is 2.88. The number of fused-ring (bicyclic) bond motifs is 1. The fourth-order valence-electron chi connectivity index (χ4n) is 2.83. The predicted molar refractivity (Wildman–Crippen MR) is 102 cm³/mol. The van der Waals surface area contributed by atoms with E-state index >= 15 is 0 Å². The second-order valence-corrected chi connectivity index (χ2v) is 7.34. The van der Waals surface area contributed by atoms with Gasteiger partial charge in [-0.15, -0.1) is 16.8 Å². The number of amidine groups is 1. The maximum absolute atomic E-state index is 12.6. The zero-order chi connectivity index (χ0) is 21.3. The number of halogens is 3. The Morgan fingerprint density at radius 3 is 2.55 bits per heavy atom. The van der Waals surface area contributed by atoms with Crippen LogP contribution in [0.15, 0.2) is 40.2 Å². The van der Waals surface area contributed by atoms with Gasteiger partial charge in [0.05, 0.1) is 25.4 Å². The van der Waals surface area contributed by atoms with Crippen molar-refractivity contribution < 1.29 is 32.1 Å². The number of dihydropyridines is 1. The summed E-state index contributed by atoms with van der Waals surface area (Å²) in [5.41, 5.74) is -0.577. The summed E-state index contributed by atoms with van der Waals surface area (Å²) < 4.78 is 39.0. The molecule has 1 aromatic rings. The van der Waals surface area contributed by atoms with Crippen molar-refractivity contribution in [1.82, 2.24) is 4.90 Å². The van der Waals surface area contributed by atoms with Gasteiger partial charge in [0.15, 0.2) is 5.92 Å². The molecule has 1 atom stereocenters. The number of rotatable bonds is 4. The molecular formula is C18H16F3N4O3S+. The van der Waals surface area contributed by atoms with Gasteiger partial charge >= 0.3 is 18.1 Å². The summed E-state index contributed by atoms with van der Waals surface area (Å²) in [5.74, 6) is -1.45. The largest absolute Gasteiger partial charge is 0.445 e. The number of anilines is 1. The van der Waals surface area contributed by atoms with E-state index in [0.29, 0.717) is 4.91 Å². The van der Waals surface area contributed by atoms with Crippen molar-refractivity contribution in [2.24, 2.45) is 10.9 Å². The molecule has 2 aliphatic rings. The SMILES string of the molecule is CN1C(=O)C2C(SCC(=O)Nc3ccc(C(F)(F)F)cc3)=CC=NC2=[N+](C)C1=O. The quantitative estimate of drug-likeness (QED) is 0.752. The zero-order valence-electron chi connectivity index (χ0n) is 15.4. The maximum Gasteiger partial charge on any atom is 0.445 e. The summed E-state index contributed by atoms with van der Waals surface area (Å²) in [6.07, 6.45) is -1.40. The first-order chi connectivity index (χ1) is 13.6. The number of carbonyl (C=O) groups is 3. The molecule has 0 fully saturated rings. The van der Waals surface area contributed by atoms with Crippen LogP contribution in [0.3, 0.4) is 0 Å². The number of alkyl halides is 3. The van der Waals surface area contributed by atoms with Crippen molar-refractivity contribution in [3.8, 4) is 0 Å². The van der Waals surface area contributed by atoms with E-state index in [1.54, 1.807) is 6.08 Å². The minimum absolute atomic E-state index is 0.0703. The molecular weight excluding hydrogens is 409 g/mol. The molecule has 0 spiro atoms. The Balaban J connectivity index is 1.66. The van der Waals surface area contributed by atoms with E-state index in [1.807, 2.05) is 0 Å². The summed E-state index contributed by atoms with van der Waals surface area (Å²) in [4.78, 5) is 42.4. The molecule has 4 amide bonds. The fourth-order valence-corrected chi connectivity index (χ4v) is 3.73. The van der Waals surface area contributed by atoms with Gasteiger partial charge in [-0.05, 0) is 30.3 Å². The van der Waals surface area contributed by atoms with Crippen molar-refractivity contribution in [3.05, 3.63) is 40.8 Å². The van der Waals surface area contributed by atoms with E-state index in [2.05, 4.69) is 10.3 Å². The van der Waals surface area contributed by atoms with Crippen molar-refractivity contribution in [2.75, 3.05) is 25.2 Å². The minimum atomic E-state index is -4.45. The standard InChI is InChI=1S/C18H15F3N4O3S/c1-24-15-14(16(27)25(2)17(24)28)12(7-8-22-15)29-9-13(26)23-11-5-3-10(4-6-11)18(19,20)21/h3-8,14H,9H2,1-2H3/p+1. The van der Waals surface area contributed by atoms with Gasteiger partial charge in [0.2, 0.25) is 5.91 Å². The van der Waals surface area contributed by atoms with E-state index in [9.17, 15) is 27.6 Å². The molecule has 2 heterocycles. The highest BCUT2D eigenvalue weighted by atomic mass is 32.2. The van der Waals surface area contributed by atoms with Crippen LogP contribution in [0.5, 0.6) is 0 Å². The Morgan fingerprint density at radius 2 is 1.93 bits per heavy atom. The molecule has 11 heteroatoms. The zero-order valence-corrected chi connectivity index (χ0v) is 16.2. The molecule has 0 aliphatic carbocycles. The van der Waals surface area contributed by atoms with Gasteiger partial charge in [0, 0.05) is 10.6 Å². The number of urea groups is 1. The molecule has 7 nitrogen and oxygen atoms in total.